The van der Waals surface area contributed by atoms with Crippen LogP contribution in [-0.2, 0) is 0 Å². The molecule has 12 heteroatoms. The number of carbonyl (C=O) groups excluding carboxylic acids is 1. The van der Waals surface area contributed by atoms with E-state index in [4.69, 9.17) is 14.4 Å². The van der Waals surface area contributed by atoms with Gasteiger partial charge in [-0.3, -0.25) is 0 Å². The van der Waals surface area contributed by atoms with Gasteiger partial charge in [0.25, 0.3) is 0 Å². The second-order valence-corrected chi connectivity index (χ2v) is 6.18. The monoisotopic (exact) mass is 347 g/mol. The van der Waals surface area contributed by atoms with Crippen molar-refractivity contribution in [1.29, 1.82) is 0 Å². The van der Waals surface area contributed by atoms with E-state index in [0.717, 1.165) is 0 Å². The molecular formula is C10H10F5NO5Si. The van der Waals surface area contributed by atoms with Crippen molar-refractivity contribution in [1.82, 2.24) is 5.12 Å². The van der Waals surface area contributed by atoms with E-state index in [1.54, 1.807) is 0 Å². The standard InChI is InChI=1S/C10H10F5NO5Si/c11-5-4-6(8(13)9(14)7(5)12)21-10(17)16(15)2-1-3-22(18,19)20/h4,18-20H,1-3H2. The number of hydrogen-bond acceptors (Lipinski definition) is 5. The van der Waals surface area contributed by atoms with Crippen LogP contribution in [-0.4, -0.2) is 41.0 Å². The Morgan fingerprint density at radius 2 is 1.73 bits per heavy atom. The molecule has 0 heterocycles. The van der Waals surface area contributed by atoms with Gasteiger partial charge in [-0.15, -0.1) is 5.12 Å². The van der Waals surface area contributed by atoms with E-state index >= 15 is 0 Å². The molecule has 124 valence electrons. The van der Waals surface area contributed by atoms with Crippen LogP contribution in [0, 0.1) is 23.3 Å². The average molecular weight is 347 g/mol. The van der Waals surface area contributed by atoms with Crippen molar-refractivity contribution >= 4 is 14.9 Å². The van der Waals surface area contributed by atoms with Crippen molar-refractivity contribution in [3.05, 3.63) is 29.3 Å². The minimum Gasteiger partial charge on any atom is -0.405 e. The Bertz CT molecular complexity index is 568. The van der Waals surface area contributed by atoms with E-state index < -0.39 is 61.6 Å². The number of nitrogens with zero attached hydrogens (tertiary/aromatic N) is 1. The lowest BCUT2D eigenvalue weighted by atomic mass is 10.3. The summed E-state index contributed by atoms with van der Waals surface area (Å²) in [6, 6.07) is -0.568. The lowest BCUT2D eigenvalue weighted by Crippen LogP contribution is -2.36. The van der Waals surface area contributed by atoms with Gasteiger partial charge in [-0.1, -0.05) is 4.48 Å². The third-order valence-electron chi connectivity index (χ3n) is 2.33. The normalized spacial score (nSPS) is 11.5. The summed E-state index contributed by atoms with van der Waals surface area (Å²) >= 11 is 0. The zero-order chi connectivity index (χ0) is 17.1. The van der Waals surface area contributed by atoms with Crippen molar-refractivity contribution in [3.8, 4) is 5.75 Å². The van der Waals surface area contributed by atoms with Crippen molar-refractivity contribution < 1.29 is 46.0 Å². The molecule has 0 atom stereocenters. The van der Waals surface area contributed by atoms with Crippen molar-refractivity contribution in [3.63, 3.8) is 0 Å². The fourth-order valence-corrected chi connectivity index (χ4v) is 1.95. The van der Waals surface area contributed by atoms with Crippen LogP contribution in [0.2, 0.25) is 6.04 Å². The molecule has 0 bridgehead atoms. The quantitative estimate of drug-likeness (QED) is 0.245. The highest BCUT2D eigenvalue weighted by molar-refractivity contribution is 6.56. The molecule has 0 saturated heterocycles. The molecule has 0 unspecified atom stereocenters. The lowest BCUT2D eigenvalue weighted by molar-refractivity contribution is 0.0352. The van der Waals surface area contributed by atoms with E-state index in [9.17, 15) is 26.8 Å². The highest BCUT2D eigenvalue weighted by Gasteiger charge is 2.28. The summed E-state index contributed by atoms with van der Waals surface area (Å²) < 4.78 is 68.8. The molecule has 0 saturated carbocycles. The molecule has 1 aromatic rings. The Morgan fingerprint density at radius 1 is 1.14 bits per heavy atom. The smallest absolute Gasteiger partial charge is 0.405 e. The van der Waals surface area contributed by atoms with Crippen LogP contribution in [0.15, 0.2) is 6.07 Å². The first kappa shape index (κ1) is 18.3. The average Bonchev–Trinajstić information content (AvgIpc) is 2.40. The fourth-order valence-electron chi connectivity index (χ4n) is 1.32. The van der Waals surface area contributed by atoms with Crippen molar-refractivity contribution in [2.75, 3.05) is 6.54 Å². The van der Waals surface area contributed by atoms with Gasteiger partial charge in [0.15, 0.2) is 17.4 Å². The Kier molecular flexibility index (Phi) is 5.82. The van der Waals surface area contributed by atoms with Gasteiger partial charge in [0.2, 0.25) is 11.6 Å². The largest absolute Gasteiger partial charge is 0.492 e. The number of rotatable bonds is 5. The molecule has 6 nitrogen and oxygen atoms in total. The van der Waals surface area contributed by atoms with Gasteiger partial charge in [0, 0.05) is 12.1 Å². The first-order valence-electron chi connectivity index (χ1n) is 5.68. The van der Waals surface area contributed by atoms with E-state index in [1.165, 1.54) is 0 Å². The number of carbonyl (C=O) groups is 1. The van der Waals surface area contributed by atoms with Crippen LogP contribution in [0.4, 0.5) is 26.8 Å². The van der Waals surface area contributed by atoms with Gasteiger partial charge in [-0.2, -0.15) is 4.39 Å². The summed E-state index contributed by atoms with van der Waals surface area (Å²) in [4.78, 5) is 37.1. The second kappa shape index (κ2) is 7.00. The predicted molar refractivity (Wildman–Crippen MR) is 61.9 cm³/mol. The summed E-state index contributed by atoms with van der Waals surface area (Å²) in [5, 5.41) is -0.654. The molecule has 1 amide bonds. The zero-order valence-corrected chi connectivity index (χ0v) is 11.7. The molecule has 22 heavy (non-hydrogen) atoms. The fraction of sp³-hybridized carbons (Fsp3) is 0.300. The molecule has 1 rings (SSSR count). The van der Waals surface area contributed by atoms with Crippen LogP contribution in [0.5, 0.6) is 5.75 Å². The van der Waals surface area contributed by atoms with Crippen molar-refractivity contribution in [2.45, 2.75) is 12.5 Å². The van der Waals surface area contributed by atoms with E-state index in [-0.39, 0.29) is 12.5 Å². The maximum Gasteiger partial charge on any atom is 0.492 e. The molecule has 1 aromatic carbocycles. The third kappa shape index (κ3) is 4.90. The van der Waals surface area contributed by atoms with Crippen LogP contribution in [0.1, 0.15) is 6.42 Å². The molecule has 0 aromatic heterocycles. The van der Waals surface area contributed by atoms with Gasteiger partial charge in [0.1, 0.15) is 0 Å². The number of ether oxygens (including phenoxy) is 1. The van der Waals surface area contributed by atoms with E-state index in [1.807, 2.05) is 0 Å². The van der Waals surface area contributed by atoms with Crippen molar-refractivity contribution in [2.24, 2.45) is 0 Å². The number of hydrogen-bond donors (Lipinski definition) is 3. The molecule has 0 fully saturated rings. The summed E-state index contributed by atoms with van der Waals surface area (Å²) in [6.45, 7) is -0.775. The first-order valence-corrected chi connectivity index (χ1v) is 7.73. The maximum atomic E-state index is 13.2. The van der Waals surface area contributed by atoms with E-state index in [0.29, 0.717) is 0 Å². The minimum atomic E-state index is -4.41. The topological polar surface area (TPSA) is 90.2 Å². The highest BCUT2D eigenvalue weighted by atomic mass is 28.4. The molecule has 3 N–H and O–H groups in total. The number of halogens is 5. The highest BCUT2D eigenvalue weighted by Crippen LogP contribution is 2.25. The summed E-state index contributed by atoms with van der Waals surface area (Å²) in [5.74, 6) is -9.58. The minimum absolute atomic E-state index is 0.0204. The Morgan fingerprint density at radius 3 is 2.27 bits per heavy atom. The SMILES string of the molecule is O=C(Oc1cc(F)c(F)c(F)c1F)N(F)CCC[Si](O)(O)O. The molecule has 0 aliphatic heterocycles. The lowest BCUT2D eigenvalue weighted by Gasteiger charge is -2.14. The van der Waals surface area contributed by atoms with E-state index in [2.05, 4.69) is 4.74 Å². The first-order chi connectivity index (χ1) is 10.0. The summed E-state index contributed by atoms with van der Waals surface area (Å²) in [6.07, 6.45) is -2.25. The summed E-state index contributed by atoms with van der Waals surface area (Å²) in [7, 11) is -4.41. The number of benzene rings is 1. The summed E-state index contributed by atoms with van der Waals surface area (Å²) in [5.41, 5.74) is 0. The Hall–Kier alpha value is -1.76. The molecule has 0 aliphatic carbocycles. The van der Waals surface area contributed by atoms with Gasteiger partial charge in [0.05, 0.1) is 6.54 Å². The number of amides is 1. The zero-order valence-electron chi connectivity index (χ0n) is 10.7. The van der Waals surface area contributed by atoms with Gasteiger partial charge < -0.3 is 19.1 Å². The molecule has 0 radical (unpaired) electrons. The second-order valence-electron chi connectivity index (χ2n) is 4.13. The maximum absolute atomic E-state index is 13.2. The van der Waals surface area contributed by atoms with Gasteiger partial charge >= 0.3 is 14.9 Å². The van der Waals surface area contributed by atoms with Crippen LogP contribution in [0.25, 0.3) is 0 Å². The third-order valence-corrected chi connectivity index (χ3v) is 3.36. The van der Waals surface area contributed by atoms with Crippen LogP contribution >= 0.6 is 0 Å². The molecule has 0 aliphatic rings. The van der Waals surface area contributed by atoms with Crippen LogP contribution in [0.3, 0.4) is 0 Å². The molecular weight excluding hydrogens is 337 g/mol. The van der Waals surface area contributed by atoms with Gasteiger partial charge in [-0.25, -0.2) is 18.0 Å². The predicted octanol–water partition coefficient (Wildman–Crippen LogP) is 1.23. The Balaban J connectivity index is 2.69. The van der Waals surface area contributed by atoms with Gasteiger partial charge in [-0.05, 0) is 6.42 Å². The Labute approximate surface area is 121 Å². The van der Waals surface area contributed by atoms with Crippen LogP contribution < -0.4 is 4.74 Å². The molecule has 0 spiro atoms.